The second kappa shape index (κ2) is 10.9. The predicted octanol–water partition coefficient (Wildman–Crippen LogP) is 4.88. The van der Waals surface area contributed by atoms with Gasteiger partial charge >= 0.3 is 5.97 Å². The lowest BCUT2D eigenvalue weighted by Crippen LogP contribution is -2.35. The molecule has 1 atom stereocenters. The molecule has 1 unspecified atom stereocenters. The van der Waals surface area contributed by atoms with Gasteiger partial charge in [0.25, 0.3) is 10.0 Å². The summed E-state index contributed by atoms with van der Waals surface area (Å²) < 4.78 is 41.3. The van der Waals surface area contributed by atoms with E-state index in [1.165, 1.54) is 18.3 Å². The molecule has 1 aliphatic rings. The van der Waals surface area contributed by atoms with Crippen molar-refractivity contribution in [2.24, 2.45) is 0 Å². The molecule has 0 bridgehead atoms. The van der Waals surface area contributed by atoms with Gasteiger partial charge in [0.1, 0.15) is 0 Å². The van der Waals surface area contributed by atoms with E-state index < -0.39 is 27.8 Å². The molecule has 9 nitrogen and oxygen atoms in total. The van der Waals surface area contributed by atoms with Gasteiger partial charge in [-0.15, -0.1) is 0 Å². The molecule has 10 heteroatoms. The number of amides is 1. The van der Waals surface area contributed by atoms with Gasteiger partial charge in [0.2, 0.25) is 12.7 Å². The molecule has 2 heterocycles. The minimum Gasteiger partial charge on any atom is -0.478 e. The highest BCUT2D eigenvalue weighted by Crippen LogP contribution is 2.36. The maximum absolute atomic E-state index is 13.7. The molecular formula is C30H28N2O7S. The monoisotopic (exact) mass is 560 g/mol. The molecular weight excluding hydrogens is 532 g/mol. The number of aromatic nitrogens is 1. The molecule has 4 aromatic rings. The average Bonchev–Trinajstić information content (AvgIpc) is 3.54. The van der Waals surface area contributed by atoms with E-state index >= 15 is 0 Å². The Morgan fingerprint density at radius 3 is 2.42 bits per heavy atom. The van der Waals surface area contributed by atoms with Crippen LogP contribution >= 0.6 is 0 Å². The van der Waals surface area contributed by atoms with Gasteiger partial charge in [-0.1, -0.05) is 50.2 Å². The summed E-state index contributed by atoms with van der Waals surface area (Å²) in [7, 11) is -4.15. The quantitative estimate of drug-likeness (QED) is 0.280. The van der Waals surface area contributed by atoms with Crippen LogP contribution in [0.25, 0.3) is 17.1 Å². The van der Waals surface area contributed by atoms with E-state index in [-0.39, 0.29) is 24.0 Å². The van der Waals surface area contributed by atoms with Crippen LogP contribution in [-0.2, 0) is 26.0 Å². The first-order chi connectivity index (χ1) is 19.1. The Morgan fingerprint density at radius 2 is 1.70 bits per heavy atom. The van der Waals surface area contributed by atoms with Gasteiger partial charge < -0.3 is 19.1 Å². The van der Waals surface area contributed by atoms with Crippen molar-refractivity contribution >= 4 is 39.0 Å². The van der Waals surface area contributed by atoms with Crippen molar-refractivity contribution in [2.45, 2.75) is 37.0 Å². The number of carboxylic acid groups (broad SMARTS) is 1. The Bertz CT molecular complexity index is 1720. The minimum absolute atomic E-state index is 0.00917. The number of hydrogen-bond acceptors (Lipinski definition) is 6. The number of nitrogens with zero attached hydrogens (tertiary/aromatic N) is 1. The van der Waals surface area contributed by atoms with Crippen LogP contribution in [0.1, 0.15) is 42.4 Å². The molecule has 1 aliphatic heterocycles. The van der Waals surface area contributed by atoms with Crippen molar-refractivity contribution < 1.29 is 32.6 Å². The molecule has 0 saturated heterocycles. The molecule has 206 valence electrons. The van der Waals surface area contributed by atoms with Crippen LogP contribution in [0, 0.1) is 0 Å². The zero-order valence-electron chi connectivity index (χ0n) is 21.9. The third-order valence-electron chi connectivity index (χ3n) is 6.83. The van der Waals surface area contributed by atoms with Crippen LogP contribution in [0.4, 0.5) is 0 Å². The normalized spacial score (nSPS) is 13.7. The fraction of sp³-hybridized carbons (Fsp3) is 0.200. The molecule has 3 aromatic carbocycles. The van der Waals surface area contributed by atoms with Crippen molar-refractivity contribution in [1.82, 2.24) is 9.29 Å². The van der Waals surface area contributed by atoms with Crippen LogP contribution in [0.3, 0.4) is 0 Å². The molecule has 0 saturated carbocycles. The number of carboxylic acids is 1. The van der Waals surface area contributed by atoms with E-state index in [2.05, 4.69) is 4.72 Å². The number of sulfonamides is 1. The molecule has 0 radical (unpaired) electrons. The molecule has 0 spiro atoms. The Hall–Kier alpha value is -4.57. The molecule has 40 heavy (non-hydrogen) atoms. The lowest BCUT2D eigenvalue weighted by molar-refractivity contribution is -0.131. The number of ether oxygens (including phenoxy) is 2. The number of para-hydroxylation sites is 1. The summed E-state index contributed by atoms with van der Waals surface area (Å²) in [5.74, 6) is -1.48. The van der Waals surface area contributed by atoms with Crippen molar-refractivity contribution in [3.8, 4) is 11.5 Å². The summed E-state index contributed by atoms with van der Waals surface area (Å²) in [4.78, 5) is 24.8. The molecule has 0 fully saturated rings. The van der Waals surface area contributed by atoms with E-state index in [1.54, 1.807) is 41.1 Å². The lowest BCUT2D eigenvalue weighted by atomic mass is 9.91. The van der Waals surface area contributed by atoms with Crippen LogP contribution < -0.4 is 14.2 Å². The van der Waals surface area contributed by atoms with Crippen LogP contribution in [-0.4, -0.2) is 36.8 Å². The largest absolute Gasteiger partial charge is 0.478 e. The standard InChI is InChI=1S/C30H28N2O7S/c1-19(2)20-7-10-23(11-8-20)40(36,37)31-30(35)25(21-9-12-27-28(16-21)39-18-38-27)15-22-17-32(14-13-29(33)34)26-6-4-3-5-24(22)26/h3-14,16-17,19,25H,15,18H2,1-2H3,(H,31,35)(H,33,34)/b14-13+. The van der Waals surface area contributed by atoms with E-state index in [4.69, 9.17) is 14.6 Å². The highest BCUT2D eigenvalue weighted by Gasteiger charge is 2.29. The zero-order valence-corrected chi connectivity index (χ0v) is 22.7. The van der Waals surface area contributed by atoms with Crippen molar-refractivity contribution in [3.63, 3.8) is 0 Å². The van der Waals surface area contributed by atoms with Crippen LogP contribution in [0.15, 0.2) is 83.9 Å². The van der Waals surface area contributed by atoms with Crippen LogP contribution in [0.2, 0.25) is 0 Å². The molecule has 5 rings (SSSR count). The summed E-state index contributed by atoms with van der Waals surface area (Å²) in [5, 5.41) is 9.92. The molecule has 0 aliphatic carbocycles. The number of benzene rings is 3. The summed E-state index contributed by atoms with van der Waals surface area (Å²) in [6.07, 6.45) is 4.34. The first kappa shape index (κ1) is 27.0. The third kappa shape index (κ3) is 5.57. The molecule has 2 N–H and O–H groups in total. The van der Waals surface area contributed by atoms with Gasteiger partial charge in [0.15, 0.2) is 11.5 Å². The number of carbonyl (C=O) groups is 2. The van der Waals surface area contributed by atoms with Gasteiger partial charge in [0, 0.05) is 23.9 Å². The van der Waals surface area contributed by atoms with E-state index in [0.29, 0.717) is 17.1 Å². The zero-order chi connectivity index (χ0) is 28.4. The average molecular weight is 561 g/mol. The summed E-state index contributed by atoms with van der Waals surface area (Å²) in [6.45, 7) is 4.07. The molecule has 1 aromatic heterocycles. The first-order valence-corrected chi connectivity index (χ1v) is 14.2. The summed E-state index contributed by atoms with van der Waals surface area (Å²) in [6, 6.07) is 18.9. The van der Waals surface area contributed by atoms with Gasteiger partial charge in [-0.3, -0.25) is 4.79 Å². The van der Waals surface area contributed by atoms with E-state index in [0.717, 1.165) is 28.1 Å². The smallest absolute Gasteiger partial charge is 0.329 e. The molecule has 1 amide bonds. The Balaban J connectivity index is 1.52. The van der Waals surface area contributed by atoms with Crippen molar-refractivity contribution in [2.75, 3.05) is 6.79 Å². The van der Waals surface area contributed by atoms with Crippen molar-refractivity contribution in [3.05, 3.63) is 95.7 Å². The van der Waals surface area contributed by atoms with Gasteiger partial charge in [-0.2, -0.15) is 0 Å². The maximum Gasteiger partial charge on any atom is 0.329 e. The fourth-order valence-electron chi connectivity index (χ4n) is 4.71. The van der Waals surface area contributed by atoms with E-state index in [9.17, 15) is 18.0 Å². The highest BCUT2D eigenvalue weighted by molar-refractivity contribution is 7.90. The summed E-state index contributed by atoms with van der Waals surface area (Å²) >= 11 is 0. The highest BCUT2D eigenvalue weighted by atomic mass is 32.2. The number of carbonyl (C=O) groups excluding carboxylic acids is 1. The SMILES string of the molecule is CC(C)c1ccc(S(=O)(=O)NC(=O)C(Cc2cn(/C=C/C(=O)O)c3ccccc23)c2ccc3c(c2)OCO3)cc1. The lowest BCUT2D eigenvalue weighted by Gasteiger charge is -2.18. The number of rotatable bonds is 9. The number of hydrogen-bond donors (Lipinski definition) is 2. The van der Waals surface area contributed by atoms with Gasteiger partial charge in [-0.25, -0.2) is 17.9 Å². The second-order valence-corrected chi connectivity index (χ2v) is 11.5. The Labute approximate surface area is 231 Å². The van der Waals surface area contributed by atoms with Crippen molar-refractivity contribution in [1.29, 1.82) is 0 Å². The number of fused-ring (bicyclic) bond motifs is 2. The van der Waals surface area contributed by atoms with Crippen LogP contribution in [0.5, 0.6) is 11.5 Å². The minimum atomic E-state index is -4.15. The van der Waals surface area contributed by atoms with Gasteiger partial charge in [0.05, 0.1) is 16.3 Å². The number of aliphatic carboxylic acids is 1. The summed E-state index contributed by atoms with van der Waals surface area (Å²) in [5.41, 5.74) is 3.02. The predicted molar refractivity (Wildman–Crippen MR) is 150 cm³/mol. The maximum atomic E-state index is 13.7. The Kier molecular flexibility index (Phi) is 7.36. The topological polar surface area (TPSA) is 124 Å². The number of nitrogens with one attached hydrogen (secondary N) is 1. The van der Waals surface area contributed by atoms with E-state index in [1.807, 2.05) is 38.1 Å². The Morgan fingerprint density at radius 1 is 1.00 bits per heavy atom. The third-order valence-corrected chi connectivity index (χ3v) is 8.20. The second-order valence-electron chi connectivity index (χ2n) is 9.80. The fourth-order valence-corrected chi connectivity index (χ4v) is 5.73. The first-order valence-electron chi connectivity index (χ1n) is 12.7. The van der Waals surface area contributed by atoms with Gasteiger partial charge in [-0.05, 0) is 59.4 Å².